The van der Waals surface area contributed by atoms with Crippen LogP contribution in [0.3, 0.4) is 0 Å². The van der Waals surface area contributed by atoms with E-state index in [0.717, 1.165) is 5.69 Å². The number of nitrogens with two attached hydrogens (primary N) is 1. The Hall–Kier alpha value is -0.580. The minimum atomic E-state index is 0.0417. The molecule has 1 unspecified atom stereocenters. The number of aromatic nitrogens is 2. The topological polar surface area (TPSA) is 55.9 Å². The number of halogens is 1. The van der Waals surface area contributed by atoms with Crippen molar-refractivity contribution in [3.8, 4) is 0 Å². The average Bonchev–Trinajstić information content (AvgIpc) is 2.36. The van der Waals surface area contributed by atoms with Crippen LogP contribution >= 0.6 is 11.6 Å². The van der Waals surface area contributed by atoms with Gasteiger partial charge in [0.2, 0.25) is 0 Å². The monoisotopic (exact) mass is 202 g/mol. The average molecular weight is 203 g/mol. The third-order valence-corrected chi connectivity index (χ3v) is 2.37. The lowest BCUT2D eigenvalue weighted by atomic mass is 10.0. The Morgan fingerprint density at radius 2 is 2.23 bits per heavy atom. The number of aryl methyl sites for hydroxylation is 1. The summed E-state index contributed by atoms with van der Waals surface area (Å²) >= 11 is 5.98. The van der Waals surface area contributed by atoms with Crippen molar-refractivity contribution in [2.24, 2.45) is 18.8 Å². The van der Waals surface area contributed by atoms with E-state index in [2.05, 4.69) is 24.4 Å². The summed E-state index contributed by atoms with van der Waals surface area (Å²) in [6.07, 6.45) is 1.63. The third kappa shape index (κ3) is 2.02. The number of hydrogen-bond donors (Lipinski definition) is 2. The summed E-state index contributed by atoms with van der Waals surface area (Å²) in [5.41, 5.74) is 3.67. The molecule has 1 rings (SSSR count). The lowest BCUT2D eigenvalue weighted by molar-refractivity contribution is 0.398. The summed E-state index contributed by atoms with van der Waals surface area (Å²) < 4.78 is 1.74. The summed E-state index contributed by atoms with van der Waals surface area (Å²) in [7, 11) is 1.86. The first kappa shape index (κ1) is 10.5. The van der Waals surface area contributed by atoms with Gasteiger partial charge in [0.1, 0.15) is 0 Å². The molecule has 3 N–H and O–H groups in total. The Morgan fingerprint density at radius 1 is 1.62 bits per heavy atom. The Bertz CT molecular complexity index is 262. The van der Waals surface area contributed by atoms with Crippen LogP contribution < -0.4 is 11.3 Å². The summed E-state index contributed by atoms with van der Waals surface area (Å²) in [5.74, 6) is 5.83. The molecule has 0 amide bonds. The van der Waals surface area contributed by atoms with Crippen LogP contribution in [0.5, 0.6) is 0 Å². The van der Waals surface area contributed by atoms with Crippen molar-refractivity contribution in [1.82, 2.24) is 15.2 Å². The fourth-order valence-electron chi connectivity index (χ4n) is 1.36. The largest absolute Gasteiger partial charge is 0.271 e. The molecule has 0 saturated carbocycles. The van der Waals surface area contributed by atoms with E-state index in [0.29, 0.717) is 10.9 Å². The van der Waals surface area contributed by atoms with Crippen molar-refractivity contribution in [2.45, 2.75) is 19.9 Å². The van der Waals surface area contributed by atoms with Crippen molar-refractivity contribution in [1.29, 1.82) is 0 Å². The zero-order valence-electron chi connectivity index (χ0n) is 8.08. The normalized spacial score (nSPS) is 13.7. The van der Waals surface area contributed by atoms with Crippen molar-refractivity contribution in [2.75, 3.05) is 0 Å². The molecule has 13 heavy (non-hydrogen) atoms. The first-order chi connectivity index (χ1) is 6.07. The highest BCUT2D eigenvalue weighted by molar-refractivity contribution is 6.31. The lowest BCUT2D eigenvalue weighted by Crippen LogP contribution is -2.33. The smallest absolute Gasteiger partial charge is 0.0834 e. The zero-order valence-corrected chi connectivity index (χ0v) is 8.84. The van der Waals surface area contributed by atoms with Crippen molar-refractivity contribution >= 4 is 11.6 Å². The van der Waals surface area contributed by atoms with E-state index >= 15 is 0 Å². The second kappa shape index (κ2) is 4.09. The first-order valence-corrected chi connectivity index (χ1v) is 4.59. The summed E-state index contributed by atoms with van der Waals surface area (Å²) in [4.78, 5) is 0. The maximum absolute atomic E-state index is 5.98. The molecule has 1 atom stereocenters. The third-order valence-electron chi connectivity index (χ3n) is 2.08. The maximum atomic E-state index is 5.98. The van der Waals surface area contributed by atoms with E-state index in [-0.39, 0.29) is 6.04 Å². The number of nitrogens with one attached hydrogen (secondary N) is 1. The molecular formula is C8H15ClN4. The molecule has 0 aliphatic heterocycles. The van der Waals surface area contributed by atoms with Crippen molar-refractivity contribution < 1.29 is 0 Å². The van der Waals surface area contributed by atoms with Gasteiger partial charge in [-0.15, -0.1) is 0 Å². The lowest BCUT2D eigenvalue weighted by Gasteiger charge is -2.20. The van der Waals surface area contributed by atoms with E-state index in [1.54, 1.807) is 10.9 Å². The molecule has 0 aliphatic rings. The Labute approximate surface area is 83.0 Å². The fraction of sp³-hybridized carbons (Fsp3) is 0.625. The van der Waals surface area contributed by atoms with E-state index < -0.39 is 0 Å². The molecule has 5 heteroatoms. The fourth-order valence-corrected chi connectivity index (χ4v) is 1.64. The molecule has 4 nitrogen and oxygen atoms in total. The highest BCUT2D eigenvalue weighted by Crippen LogP contribution is 2.26. The first-order valence-electron chi connectivity index (χ1n) is 4.21. The molecule has 74 valence electrons. The number of hydrazine groups is 1. The molecule has 0 aliphatic carbocycles. The van der Waals surface area contributed by atoms with Gasteiger partial charge in [-0.3, -0.25) is 16.0 Å². The molecule has 1 aromatic rings. The second-order valence-electron chi connectivity index (χ2n) is 3.39. The van der Waals surface area contributed by atoms with Crippen LogP contribution in [-0.2, 0) is 7.05 Å². The van der Waals surface area contributed by atoms with Crippen molar-refractivity contribution in [3.63, 3.8) is 0 Å². The number of hydrogen-bond acceptors (Lipinski definition) is 3. The molecule has 0 fully saturated rings. The van der Waals surface area contributed by atoms with Gasteiger partial charge in [0.15, 0.2) is 0 Å². The van der Waals surface area contributed by atoms with Gasteiger partial charge in [-0.05, 0) is 5.92 Å². The van der Waals surface area contributed by atoms with Crippen LogP contribution in [-0.4, -0.2) is 9.78 Å². The molecule has 0 aromatic carbocycles. The SMILES string of the molecule is CC(C)C(NN)c1c(Cl)cnn1C. The number of nitrogens with zero attached hydrogens (tertiary/aromatic N) is 2. The van der Waals surface area contributed by atoms with Crippen LogP contribution in [0.15, 0.2) is 6.20 Å². The molecule has 0 bridgehead atoms. The summed E-state index contributed by atoms with van der Waals surface area (Å²) in [5, 5.41) is 4.71. The van der Waals surface area contributed by atoms with Crippen molar-refractivity contribution in [3.05, 3.63) is 16.9 Å². The van der Waals surface area contributed by atoms with Gasteiger partial charge in [0.05, 0.1) is 23.0 Å². The van der Waals surface area contributed by atoms with Gasteiger partial charge in [0.25, 0.3) is 0 Å². The predicted molar refractivity (Wildman–Crippen MR) is 53.1 cm³/mol. The predicted octanol–water partition coefficient (Wildman–Crippen LogP) is 1.23. The van der Waals surface area contributed by atoms with Gasteiger partial charge in [-0.2, -0.15) is 5.10 Å². The highest BCUT2D eigenvalue weighted by atomic mass is 35.5. The molecule has 0 spiro atoms. The molecule has 1 heterocycles. The zero-order chi connectivity index (χ0) is 10.0. The van der Waals surface area contributed by atoms with Crippen LogP contribution in [0.25, 0.3) is 0 Å². The molecule has 0 radical (unpaired) electrons. The quantitative estimate of drug-likeness (QED) is 0.573. The minimum absolute atomic E-state index is 0.0417. The Morgan fingerprint density at radius 3 is 2.54 bits per heavy atom. The van der Waals surface area contributed by atoms with Gasteiger partial charge in [-0.25, -0.2) is 0 Å². The van der Waals surface area contributed by atoms with Gasteiger partial charge < -0.3 is 0 Å². The Balaban J connectivity index is 3.03. The minimum Gasteiger partial charge on any atom is -0.271 e. The highest BCUT2D eigenvalue weighted by Gasteiger charge is 2.20. The summed E-state index contributed by atoms with van der Waals surface area (Å²) in [6, 6.07) is 0.0417. The van der Waals surface area contributed by atoms with Gasteiger partial charge in [0, 0.05) is 7.05 Å². The second-order valence-corrected chi connectivity index (χ2v) is 3.80. The standard InChI is InChI=1S/C8H15ClN4/c1-5(2)7(12-10)8-6(9)4-11-13(8)3/h4-5,7,12H,10H2,1-3H3. The maximum Gasteiger partial charge on any atom is 0.0834 e. The van der Waals surface area contributed by atoms with Crippen LogP contribution in [0.1, 0.15) is 25.6 Å². The molecule has 0 saturated heterocycles. The molecular weight excluding hydrogens is 188 g/mol. The van der Waals surface area contributed by atoms with Gasteiger partial charge >= 0.3 is 0 Å². The van der Waals surface area contributed by atoms with E-state index in [1.165, 1.54) is 0 Å². The summed E-state index contributed by atoms with van der Waals surface area (Å²) in [6.45, 7) is 4.15. The van der Waals surface area contributed by atoms with Crippen LogP contribution in [0, 0.1) is 5.92 Å². The van der Waals surface area contributed by atoms with Gasteiger partial charge in [-0.1, -0.05) is 25.4 Å². The number of rotatable bonds is 3. The molecule has 1 aromatic heterocycles. The van der Waals surface area contributed by atoms with E-state index in [4.69, 9.17) is 17.4 Å². The van der Waals surface area contributed by atoms with Crippen LogP contribution in [0.2, 0.25) is 5.02 Å². The Kier molecular flexibility index (Phi) is 3.30. The van der Waals surface area contributed by atoms with E-state index in [1.807, 2.05) is 7.05 Å². The van der Waals surface area contributed by atoms with E-state index in [9.17, 15) is 0 Å². The van der Waals surface area contributed by atoms with Crippen LogP contribution in [0.4, 0.5) is 0 Å².